The highest BCUT2D eigenvalue weighted by atomic mass is 16.4. The predicted octanol–water partition coefficient (Wildman–Crippen LogP) is 0.513. The molecule has 0 saturated heterocycles. The van der Waals surface area contributed by atoms with Crippen LogP contribution in [0.5, 0.6) is 0 Å². The molecule has 1 aromatic heterocycles. The van der Waals surface area contributed by atoms with E-state index in [0.29, 0.717) is 11.4 Å². The van der Waals surface area contributed by atoms with Gasteiger partial charge in [-0.25, -0.2) is 4.79 Å². The number of carboxylic acid groups (broad SMARTS) is 1. The summed E-state index contributed by atoms with van der Waals surface area (Å²) < 4.78 is 1.09. The number of carbonyl (C=O) groups is 1. The molecule has 6 nitrogen and oxygen atoms in total. The lowest BCUT2D eigenvalue weighted by atomic mass is 10.3. The van der Waals surface area contributed by atoms with E-state index in [1.54, 1.807) is 24.3 Å². The largest absolute Gasteiger partial charge is 0.478 e. The van der Waals surface area contributed by atoms with E-state index >= 15 is 0 Å². The van der Waals surface area contributed by atoms with Gasteiger partial charge in [0, 0.05) is 11.8 Å². The lowest BCUT2D eigenvalue weighted by Crippen LogP contribution is -2.22. The molecule has 17 heavy (non-hydrogen) atoms. The summed E-state index contributed by atoms with van der Waals surface area (Å²) in [7, 11) is 0. The van der Waals surface area contributed by atoms with Gasteiger partial charge < -0.3 is 10.8 Å². The van der Waals surface area contributed by atoms with E-state index in [0.717, 1.165) is 16.9 Å². The number of hydrogen-bond donors (Lipinski definition) is 2. The Hall–Kier alpha value is -2.63. The molecule has 0 aliphatic rings. The van der Waals surface area contributed by atoms with Gasteiger partial charge in [0.15, 0.2) is 0 Å². The number of aromatic nitrogens is 2. The molecule has 0 spiro atoms. The van der Waals surface area contributed by atoms with E-state index in [1.807, 2.05) is 0 Å². The number of nitrogens with zero attached hydrogens (tertiary/aromatic N) is 2. The molecule has 0 atom stereocenters. The first kappa shape index (κ1) is 10.9. The average Bonchev–Trinajstić information content (AvgIpc) is 2.28. The summed E-state index contributed by atoms with van der Waals surface area (Å²) in [5, 5.41) is 12.5. The second-order valence-electron chi connectivity index (χ2n) is 3.39. The molecule has 1 aromatic carbocycles. The summed E-state index contributed by atoms with van der Waals surface area (Å²) >= 11 is 0. The standard InChI is InChI=1S/C11H9N3O3/c12-8-2-1-3-9(5-8)14-10(15)4-7(6-13-14)11(16)17/h1-6H,12H2,(H,16,17). The number of rotatable bonds is 2. The molecule has 0 aliphatic heterocycles. The summed E-state index contributed by atoms with van der Waals surface area (Å²) in [5.41, 5.74) is 5.92. The molecule has 0 unspecified atom stereocenters. The van der Waals surface area contributed by atoms with Crippen LogP contribution < -0.4 is 11.3 Å². The third-order valence-corrected chi connectivity index (χ3v) is 2.16. The third-order valence-electron chi connectivity index (χ3n) is 2.16. The van der Waals surface area contributed by atoms with Crippen LogP contribution in [0.2, 0.25) is 0 Å². The Morgan fingerprint density at radius 1 is 1.35 bits per heavy atom. The highest BCUT2D eigenvalue weighted by Gasteiger charge is 2.07. The molecule has 6 heteroatoms. The average molecular weight is 231 g/mol. The minimum atomic E-state index is -1.19. The fourth-order valence-electron chi connectivity index (χ4n) is 1.38. The smallest absolute Gasteiger partial charge is 0.337 e. The Morgan fingerprint density at radius 2 is 2.12 bits per heavy atom. The molecule has 86 valence electrons. The van der Waals surface area contributed by atoms with E-state index < -0.39 is 11.5 Å². The van der Waals surface area contributed by atoms with Gasteiger partial charge in [0.2, 0.25) is 0 Å². The summed E-state index contributed by atoms with van der Waals surface area (Å²) in [6.45, 7) is 0. The van der Waals surface area contributed by atoms with Crippen molar-refractivity contribution in [2.75, 3.05) is 5.73 Å². The molecule has 2 rings (SSSR count). The molecule has 0 amide bonds. The quantitative estimate of drug-likeness (QED) is 0.734. The highest BCUT2D eigenvalue weighted by Crippen LogP contribution is 2.08. The second-order valence-corrected chi connectivity index (χ2v) is 3.39. The number of hydrogen-bond acceptors (Lipinski definition) is 4. The molecule has 2 aromatic rings. The van der Waals surface area contributed by atoms with Crippen molar-refractivity contribution < 1.29 is 9.90 Å². The maximum absolute atomic E-state index is 11.7. The molecule has 0 fully saturated rings. The number of benzene rings is 1. The summed E-state index contributed by atoms with van der Waals surface area (Å²) in [4.78, 5) is 22.3. The minimum Gasteiger partial charge on any atom is -0.478 e. The second kappa shape index (κ2) is 4.09. The van der Waals surface area contributed by atoms with Crippen LogP contribution in [0.15, 0.2) is 41.3 Å². The fraction of sp³-hybridized carbons (Fsp3) is 0. The first-order valence-corrected chi connectivity index (χ1v) is 4.76. The highest BCUT2D eigenvalue weighted by molar-refractivity contribution is 5.86. The summed E-state index contributed by atoms with van der Waals surface area (Å²) in [5.74, 6) is -1.19. The van der Waals surface area contributed by atoms with Crippen molar-refractivity contribution >= 4 is 11.7 Å². The van der Waals surface area contributed by atoms with Gasteiger partial charge in [-0.3, -0.25) is 4.79 Å². The van der Waals surface area contributed by atoms with Crippen molar-refractivity contribution in [3.8, 4) is 5.69 Å². The SMILES string of the molecule is Nc1cccc(-n2ncc(C(=O)O)cc2=O)c1. The Labute approximate surface area is 95.9 Å². The Morgan fingerprint density at radius 3 is 2.71 bits per heavy atom. The van der Waals surface area contributed by atoms with Crippen LogP contribution in [0.4, 0.5) is 5.69 Å². The normalized spacial score (nSPS) is 10.1. The van der Waals surface area contributed by atoms with E-state index in [9.17, 15) is 9.59 Å². The molecular formula is C11H9N3O3. The summed E-state index contributed by atoms with van der Waals surface area (Å²) in [6.07, 6.45) is 1.12. The van der Waals surface area contributed by atoms with Gasteiger partial charge in [-0.15, -0.1) is 0 Å². The van der Waals surface area contributed by atoms with Gasteiger partial charge in [0.1, 0.15) is 0 Å². The van der Waals surface area contributed by atoms with Gasteiger partial charge in [-0.05, 0) is 18.2 Å². The van der Waals surface area contributed by atoms with Crippen LogP contribution >= 0.6 is 0 Å². The molecule has 3 N–H and O–H groups in total. The van der Waals surface area contributed by atoms with Gasteiger partial charge in [-0.2, -0.15) is 9.78 Å². The number of carboxylic acids is 1. The zero-order valence-corrected chi connectivity index (χ0v) is 8.70. The summed E-state index contributed by atoms with van der Waals surface area (Å²) in [6, 6.07) is 7.61. The first-order chi connectivity index (χ1) is 8.08. The first-order valence-electron chi connectivity index (χ1n) is 4.76. The van der Waals surface area contributed by atoms with E-state index in [4.69, 9.17) is 10.8 Å². The van der Waals surface area contributed by atoms with Crippen molar-refractivity contribution in [1.29, 1.82) is 0 Å². The number of nitrogens with two attached hydrogens (primary N) is 1. The molecule has 0 saturated carbocycles. The van der Waals surface area contributed by atoms with Crippen molar-refractivity contribution in [1.82, 2.24) is 9.78 Å². The maximum Gasteiger partial charge on any atom is 0.337 e. The Balaban J connectivity index is 2.54. The van der Waals surface area contributed by atoms with Gasteiger partial charge in [-0.1, -0.05) is 6.07 Å². The monoisotopic (exact) mass is 231 g/mol. The maximum atomic E-state index is 11.7. The number of anilines is 1. The van der Waals surface area contributed by atoms with Gasteiger partial charge >= 0.3 is 5.97 Å². The van der Waals surface area contributed by atoms with E-state index in [2.05, 4.69) is 5.10 Å². The van der Waals surface area contributed by atoms with Crippen LogP contribution in [0.3, 0.4) is 0 Å². The van der Waals surface area contributed by atoms with Crippen molar-refractivity contribution in [3.05, 3.63) is 52.4 Å². The van der Waals surface area contributed by atoms with Gasteiger partial charge in [0.25, 0.3) is 5.56 Å². The zero-order chi connectivity index (χ0) is 12.4. The van der Waals surface area contributed by atoms with Crippen LogP contribution in [0, 0.1) is 0 Å². The van der Waals surface area contributed by atoms with Crippen LogP contribution in [0.1, 0.15) is 10.4 Å². The molecule has 0 aliphatic carbocycles. The van der Waals surface area contributed by atoms with Crippen LogP contribution in [-0.2, 0) is 0 Å². The lowest BCUT2D eigenvalue weighted by molar-refractivity contribution is 0.0696. The molecular weight excluding hydrogens is 222 g/mol. The fourth-order valence-corrected chi connectivity index (χ4v) is 1.38. The van der Waals surface area contributed by atoms with Crippen LogP contribution in [0.25, 0.3) is 5.69 Å². The molecule has 0 bridgehead atoms. The zero-order valence-electron chi connectivity index (χ0n) is 8.70. The van der Waals surface area contributed by atoms with Crippen molar-refractivity contribution in [2.45, 2.75) is 0 Å². The Bertz CT molecular complexity index is 634. The van der Waals surface area contributed by atoms with Crippen molar-refractivity contribution in [2.24, 2.45) is 0 Å². The number of nitrogen functional groups attached to an aromatic ring is 1. The van der Waals surface area contributed by atoms with Gasteiger partial charge in [0.05, 0.1) is 17.4 Å². The van der Waals surface area contributed by atoms with E-state index in [-0.39, 0.29) is 5.56 Å². The topological polar surface area (TPSA) is 98.2 Å². The lowest BCUT2D eigenvalue weighted by Gasteiger charge is -2.04. The minimum absolute atomic E-state index is 0.143. The van der Waals surface area contributed by atoms with Crippen LogP contribution in [-0.4, -0.2) is 20.9 Å². The Kier molecular flexibility index (Phi) is 2.61. The molecule has 1 heterocycles. The predicted molar refractivity (Wildman–Crippen MR) is 61.2 cm³/mol. The van der Waals surface area contributed by atoms with Crippen molar-refractivity contribution in [3.63, 3.8) is 0 Å². The molecule has 0 radical (unpaired) electrons. The van der Waals surface area contributed by atoms with E-state index in [1.165, 1.54) is 0 Å². The third kappa shape index (κ3) is 2.15. The number of aromatic carboxylic acids is 1.